The van der Waals surface area contributed by atoms with Crippen molar-refractivity contribution in [3.8, 4) is 17.1 Å². The predicted octanol–water partition coefficient (Wildman–Crippen LogP) is 3.50. The molecule has 1 aromatic carbocycles. The molecule has 9 heteroatoms. The number of hydrogen-bond acceptors (Lipinski definition) is 7. The van der Waals surface area contributed by atoms with Gasteiger partial charge in [-0.25, -0.2) is 4.98 Å². The normalized spacial score (nSPS) is 17.9. The highest BCUT2D eigenvalue weighted by Gasteiger charge is 2.25. The number of nitrogens with two attached hydrogens (primary N) is 1. The molecule has 1 fully saturated rings. The van der Waals surface area contributed by atoms with Gasteiger partial charge in [-0.15, -0.1) is 0 Å². The predicted molar refractivity (Wildman–Crippen MR) is 131 cm³/mol. The van der Waals surface area contributed by atoms with Crippen LogP contribution in [-0.4, -0.2) is 41.3 Å². The molecule has 0 bridgehead atoms. The molecule has 1 saturated carbocycles. The van der Waals surface area contributed by atoms with E-state index >= 15 is 0 Å². The minimum absolute atomic E-state index is 0.0456. The van der Waals surface area contributed by atoms with Crippen LogP contribution < -0.4 is 26.7 Å². The lowest BCUT2D eigenvalue weighted by molar-refractivity contribution is -0.122. The maximum atomic E-state index is 12.8. The molecule has 33 heavy (non-hydrogen) atoms. The summed E-state index contributed by atoms with van der Waals surface area (Å²) in [5.74, 6) is 0.699. The van der Waals surface area contributed by atoms with Gasteiger partial charge in [0, 0.05) is 24.7 Å². The number of hydrogen-bond donors (Lipinski definition) is 5. The van der Waals surface area contributed by atoms with Gasteiger partial charge in [0.2, 0.25) is 5.91 Å². The summed E-state index contributed by atoms with van der Waals surface area (Å²) in [4.78, 5) is 31.7. The fourth-order valence-electron chi connectivity index (χ4n) is 4.26. The van der Waals surface area contributed by atoms with Crippen LogP contribution in [0.2, 0.25) is 0 Å². The van der Waals surface area contributed by atoms with E-state index < -0.39 is 0 Å². The number of primary amides is 1. The van der Waals surface area contributed by atoms with Crippen LogP contribution in [0.4, 0.5) is 11.4 Å². The van der Waals surface area contributed by atoms with Crippen molar-refractivity contribution in [1.82, 2.24) is 9.97 Å². The van der Waals surface area contributed by atoms with Gasteiger partial charge in [-0.05, 0) is 57.2 Å². The number of carbonyl (C=O) groups is 1. The molecular formula is C24H34N6O3. The minimum Gasteiger partial charge on any atom is -0.493 e. The van der Waals surface area contributed by atoms with E-state index in [2.05, 4.69) is 20.6 Å². The zero-order valence-corrected chi connectivity index (χ0v) is 19.6. The Morgan fingerprint density at radius 2 is 2.00 bits per heavy atom. The Balaban J connectivity index is 1.95. The summed E-state index contributed by atoms with van der Waals surface area (Å²) in [6.07, 6.45) is 4.59. The minimum atomic E-state index is -0.330. The van der Waals surface area contributed by atoms with Crippen molar-refractivity contribution in [3.05, 3.63) is 34.2 Å². The Kier molecular flexibility index (Phi) is 8.08. The van der Waals surface area contributed by atoms with Crippen LogP contribution in [0, 0.1) is 11.3 Å². The highest BCUT2D eigenvalue weighted by molar-refractivity contribution is 6.01. The van der Waals surface area contributed by atoms with Crippen LogP contribution in [0.3, 0.4) is 0 Å². The first kappa shape index (κ1) is 24.3. The van der Waals surface area contributed by atoms with E-state index in [1.54, 1.807) is 7.05 Å². The van der Waals surface area contributed by atoms with Crippen molar-refractivity contribution < 1.29 is 9.53 Å². The summed E-state index contributed by atoms with van der Waals surface area (Å²) in [6, 6.07) is 5.95. The third kappa shape index (κ3) is 5.71. The second-order valence-corrected chi connectivity index (χ2v) is 8.36. The van der Waals surface area contributed by atoms with E-state index in [4.69, 9.17) is 15.9 Å². The molecule has 9 nitrogen and oxygen atoms in total. The Morgan fingerprint density at radius 1 is 1.27 bits per heavy atom. The first-order chi connectivity index (χ1) is 15.9. The van der Waals surface area contributed by atoms with Gasteiger partial charge in [-0.1, -0.05) is 13.3 Å². The first-order valence-electron chi connectivity index (χ1n) is 11.6. The molecule has 0 atom stereocenters. The molecule has 1 aromatic heterocycles. The van der Waals surface area contributed by atoms with Crippen molar-refractivity contribution in [1.29, 1.82) is 5.41 Å². The summed E-state index contributed by atoms with van der Waals surface area (Å²) in [7, 11) is 1.65. The number of amides is 1. The molecule has 1 aliphatic rings. The molecule has 1 heterocycles. The van der Waals surface area contributed by atoms with E-state index in [-0.39, 0.29) is 29.1 Å². The van der Waals surface area contributed by atoms with Crippen LogP contribution in [0.1, 0.15) is 58.1 Å². The van der Waals surface area contributed by atoms with Crippen molar-refractivity contribution in [2.45, 2.75) is 58.4 Å². The molecule has 0 saturated heterocycles. The topological polar surface area (TPSA) is 146 Å². The maximum absolute atomic E-state index is 12.8. The number of benzene rings is 1. The van der Waals surface area contributed by atoms with Gasteiger partial charge in [0.05, 0.1) is 17.9 Å². The summed E-state index contributed by atoms with van der Waals surface area (Å²) in [5.41, 5.74) is 7.60. The zero-order valence-electron chi connectivity index (χ0n) is 19.6. The lowest BCUT2D eigenvalue weighted by atomic mass is 9.85. The van der Waals surface area contributed by atoms with Gasteiger partial charge in [-0.2, -0.15) is 0 Å². The molecule has 1 amide bonds. The second kappa shape index (κ2) is 11.0. The molecule has 0 radical (unpaired) electrons. The van der Waals surface area contributed by atoms with Gasteiger partial charge >= 0.3 is 0 Å². The summed E-state index contributed by atoms with van der Waals surface area (Å²) in [6.45, 7) is 4.35. The van der Waals surface area contributed by atoms with Gasteiger partial charge in [0.25, 0.3) is 5.56 Å². The van der Waals surface area contributed by atoms with E-state index in [1.807, 2.05) is 32.0 Å². The Hall–Kier alpha value is -3.36. The molecule has 178 valence electrons. The van der Waals surface area contributed by atoms with Crippen LogP contribution in [0.25, 0.3) is 11.4 Å². The standard InChI is InChI=1S/C24H34N6O3/c1-4-6-18(25)20-21(27-3)24(32)30-23(29-20)17-13-16(11-12-19(17)33-5-2)28-15-9-7-14(8-10-15)22(26)31/h11-15,25,27-28H,4-10H2,1-3H3,(H2,26,31)(H,29,30,32). The summed E-state index contributed by atoms with van der Waals surface area (Å²) < 4.78 is 5.81. The molecule has 0 unspecified atom stereocenters. The molecule has 3 rings (SSSR count). The highest BCUT2D eigenvalue weighted by Crippen LogP contribution is 2.33. The summed E-state index contributed by atoms with van der Waals surface area (Å²) >= 11 is 0. The Labute approximate surface area is 194 Å². The lowest BCUT2D eigenvalue weighted by Gasteiger charge is -2.28. The average molecular weight is 455 g/mol. The molecule has 1 aliphatic carbocycles. The van der Waals surface area contributed by atoms with Crippen molar-refractivity contribution >= 4 is 23.0 Å². The van der Waals surface area contributed by atoms with Crippen LogP contribution in [0.5, 0.6) is 5.75 Å². The van der Waals surface area contributed by atoms with Crippen LogP contribution >= 0.6 is 0 Å². The number of ether oxygens (including phenoxy) is 1. The monoisotopic (exact) mass is 454 g/mol. The Morgan fingerprint density at radius 3 is 2.61 bits per heavy atom. The molecule has 0 spiro atoms. The zero-order chi connectivity index (χ0) is 24.0. The van der Waals surface area contributed by atoms with Gasteiger partial charge in [-0.3, -0.25) is 9.59 Å². The first-order valence-corrected chi connectivity index (χ1v) is 11.6. The smallest absolute Gasteiger partial charge is 0.275 e. The molecular weight excluding hydrogens is 420 g/mol. The quantitative estimate of drug-likeness (QED) is 0.347. The van der Waals surface area contributed by atoms with E-state index in [0.717, 1.165) is 37.8 Å². The van der Waals surface area contributed by atoms with Crippen LogP contribution in [-0.2, 0) is 4.79 Å². The number of aromatic amines is 1. The SMILES string of the molecule is CCCC(=N)c1nc(-c2cc(NC3CCC(C(N)=O)CC3)ccc2OCC)[nH]c(=O)c1NC. The van der Waals surface area contributed by atoms with E-state index in [0.29, 0.717) is 41.6 Å². The fourth-order valence-corrected chi connectivity index (χ4v) is 4.26. The number of carbonyl (C=O) groups excluding carboxylic acids is 1. The number of aromatic nitrogens is 2. The number of anilines is 2. The van der Waals surface area contributed by atoms with Gasteiger partial charge < -0.3 is 31.5 Å². The maximum Gasteiger partial charge on any atom is 0.275 e. The number of rotatable bonds is 10. The van der Waals surface area contributed by atoms with Crippen molar-refractivity contribution in [3.63, 3.8) is 0 Å². The Bertz CT molecular complexity index is 1060. The average Bonchev–Trinajstić information content (AvgIpc) is 2.80. The lowest BCUT2D eigenvalue weighted by Crippen LogP contribution is -2.32. The van der Waals surface area contributed by atoms with Gasteiger partial charge in [0.1, 0.15) is 23.0 Å². The highest BCUT2D eigenvalue weighted by atomic mass is 16.5. The van der Waals surface area contributed by atoms with Crippen LogP contribution in [0.15, 0.2) is 23.0 Å². The fraction of sp³-hybridized carbons (Fsp3) is 0.500. The van der Waals surface area contributed by atoms with Gasteiger partial charge in [0.15, 0.2) is 0 Å². The summed E-state index contributed by atoms with van der Waals surface area (Å²) in [5, 5.41) is 14.8. The number of H-pyrrole nitrogens is 1. The van der Waals surface area contributed by atoms with E-state index in [1.165, 1.54) is 0 Å². The molecule has 0 aliphatic heterocycles. The van der Waals surface area contributed by atoms with Crippen molar-refractivity contribution in [2.75, 3.05) is 24.3 Å². The second-order valence-electron chi connectivity index (χ2n) is 8.36. The van der Waals surface area contributed by atoms with Crippen molar-refractivity contribution in [2.24, 2.45) is 11.7 Å². The third-order valence-electron chi connectivity index (χ3n) is 5.99. The third-order valence-corrected chi connectivity index (χ3v) is 5.99. The number of nitrogens with zero attached hydrogens (tertiary/aromatic N) is 1. The van der Waals surface area contributed by atoms with E-state index in [9.17, 15) is 9.59 Å². The largest absolute Gasteiger partial charge is 0.493 e. The molecule has 2 aromatic rings. The molecule has 6 N–H and O–H groups in total. The number of nitrogens with one attached hydrogen (secondary N) is 4.